The van der Waals surface area contributed by atoms with Crippen molar-refractivity contribution in [3.05, 3.63) is 0 Å². The molecular weight excluding hydrogens is 233 g/mol. The summed E-state index contributed by atoms with van der Waals surface area (Å²) in [5.41, 5.74) is 0. The Labute approximate surface area is 68.1 Å². The van der Waals surface area contributed by atoms with Crippen molar-refractivity contribution in [2.45, 2.75) is 3.92 Å². The molecule has 1 heterocycles. The van der Waals surface area contributed by atoms with Gasteiger partial charge in [-0.05, 0) is 0 Å². The largest absolute Gasteiger partial charge is 0.315 e. The number of hydrogen-bond acceptors (Lipinski definition) is 2. The molecule has 0 aromatic rings. The van der Waals surface area contributed by atoms with E-state index in [2.05, 4.69) is 39.7 Å². The van der Waals surface area contributed by atoms with Crippen LogP contribution in [0.2, 0.25) is 0 Å². The van der Waals surface area contributed by atoms with E-state index in [0.717, 1.165) is 3.92 Å². The van der Waals surface area contributed by atoms with Crippen molar-refractivity contribution in [3.8, 4) is 0 Å². The van der Waals surface area contributed by atoms with Crippen LogP contribution in [0.25, 0.3) is 0 Å². The van der Waals surface area contributed by atoms with Crippen LogP contribution in [0.3, 0.4) is 0 Å². The van der Waals surface area contributed by atoms with Gasteiger partial charge in [-0.2, -0.15) is 11.8 Å². The zero-order valence-corrected chi connectivity index (χ0v) is 7.67. The Kier molecular flexibility index (Phi) is 3.53. The average molecular weight is 243 g/mol. The minimum atomic E-state index is 0.847. The Bertz CT molecular complexity index is 61.4. The maximum atomic E-state index is 3.37. The zero-order valence-electron chi connectivity index (χ0n) is 4.69. The predicted octanol–water partition coefficient (Wildman–Crippen LogP) is 1.13. The first-order valence-electron chi connectivity index (χ1n) is 2.82. The molecule has 0 radical (unpaired) electrons. The SMILES string of the molecule is I[C@@H]1CNCCSC1. The molecule has 1 aliphatic heterocycles. The fraction of sp³-hybridized carbons (Fsp3) is 1.00. The minimum absolute atomic E-state index is 0.847. The van der Waals surface area contributed by atoms with E-state index in [1.165, 1.54) is 24.6 Å². The molecule has 0 amide bonds. The number of thioether (sulfide) groups is 1. The number of nitrogens with one attached hydrogen (secondary N) is 1. The number of rotatable bonds is 0. The highest BCUT2D eigenvalue weighted by Crippen LogP contribution is 2.11. The second-order valence-electron chi connectivity index (χ2n) is 1.88. The van der Waals surface area contributed by atoms with Gasteiger partial charge in [-0.15, -0.1) is 0 Å². The van der Waals surface area contributed by atoms with E-state index in [9.17, 15) is 0 Å². The van der Waals surface area contributed by atoms with Gasteiger partial charge in [0.2, 0.25) is 0 Å². The predicted molar refractivity (Wildman–Crippen MR) is 48.0 cm³/mol. The van der Waals surface area contributed by atoms with Gasteiger partial charge < -0.3 is 5.32 Å². The molecule has 1 N–H and O–H groups in total. The van der Waals surface area contributed by atoms with Crippen LogP contribution in [0.1, 0.15) is 0 Å². The fourth-order valence-corrected chi connectivity index (χ4v) is 2.58. The standard InChI is InChI=1S/C5H10INS/c6-5-3-7-1-2-8-4-5/h5,7H,1-4H2/t5-/m1/s1. The second kappa shape index (κ2) is 3.95. The van der Waals surface area contributed by atoms with Crippen LogP contribution in [-0.4, -0.2) is 28.5 Å². The average Bonchev–Trinajstić information content (AvgIpc) is 1.94. The summed E-state index contributed by atoms with van der Waals surface area (Å²) in [6, 6.07) is 0. The van der Waals surface area contributed by atoms with Crippen molar-refractivity contribution >= 4 is 34.4 Å². The summed E-state index contributed by atoms with van der Waals surface area (Å²) < 4.78 is 0.847. The molecule has 1 saturated heterocycles. The monoisotopic (exact) mass is 243 g/mol. The molecule has 8 heavy (non-hydrogen) atoms. The molecule has 1 atom stereocenters. The number of hydrogen-bond donors (Lipinski definition) is 1. The molecule has 0 bridgehead atoms. The Balaban J connectivity index is 2.17. The smallest absolute Gasteiger partial charge is 0.0325 e. The highest BCUT2D eigenvalue weighted by molar-refractivity contribution is 14.1. The summed E-state index contributed by atoms with van der Waals surface area (Å²) >= 11 is 4.55. The lowest BCUT2D eigenvalue weighted by Crippen LogP contribution is -2.22. The summed E-state index contributed by atoms with van der Waals surface area (Å²) in [7, 11) is 0. The maximum Gasteiger partial charge on any atom is 0.0325 e. The molecule has 0 spiro atoms. The topological polar surface area (TPSA) is 12.0 Å². The van der Waals surface area contributed by atoms with Crippen LogP contribution in [0.5, 0.6) is 0 Å². The van der Waals surface area contributed by atoms with Gasteiger partial charge in [0.05, 0.1) is 0 Å². The van der Waals surface area contributed by atoms with Gasteiger partial charge >= 0.3 is 0 Å². The van der Waals surface area contributed by atoms with Crippen molar-refractivity contribution in [2.75, 3.05) is 24.6 Å². The van der Waals surface area contributed by atoms with Crippen molar-refractivity contribution in [3.63, 3.8) is 0 Å². The molecule has 0 aromatic carbocycles. The summed E-state index contributed by atoms with van der Waals surface area (Å²) in [6.07, 6.45) is 0. The van der Waals surface area contributed by atoms with Gasteiger partial charge in [-0.1, -0.05) is 22.6 Å². The first-order chi connectivity index (χ1) is 3.89. The number of halogens is 1. The van der Waals surface area contributed by atoms with E-state index in [0.29, 0.717) is 0 Å². The summed E-state index contributed by atoms with van der Waals surface area (Å²) in [4.78, 5) is 0. The summed E-state index contributed by atoms with van der Waals surface area (Å²) in [6.45, 7) is 2.40. The highest BCUT2D eigenvalue weighted by Gasteiger charge is 2.06. The molecule has 3 heteroatoms. The molecule has 0 saturated carbocycles. The Hall–Kier alpha value is 1.04. The van der Waals surface area contributed by atoms with Gasteiger partial charge in [0, 0.05) is 28.5 Å². The molecule has 0 aliphatic carbocycles. The second-order valence-corrected chi connectivity index (χ2v) is 4.79. The third kappa shape index (κ3) is 2.55. The van der Waals surface area contributed by atoms with E-state index in [1.807, 2.05) is 0 Å². The Morgan fingerprint density at radius 3 is 3.38 bits per heavy atom. The van der Waals surface area contributed by atoms with Crippen molar-refractivity contribution in [2.24, 2.45) is 0 Å². The normalized spacial score (nSPS) is 31.9. The lowest BCUT2D eigenvalue weighted by Gasteiger charge is -2.01. The molecule has 0 aromatic heterocycles. The molecule has 1 rings (SSSR count). The molecule has 48 valence electrons. The Morgan fingerprint density at radius 1 is 1.62 bits per heavy atom. The fourth-order valence-electron chi connectivity index (χ4n) is 0.673. The van der Waals surface area contributed by atoms with Crippen molar-refractivity contribution < 1.29 is 0 Å². The lowest BCUT2D eigenvalue weighted by molar-refractivity contribution is 0.744. The first kappa shape index (κ1) is 7.15. The maximum absolute atomic E-state index is 3.37. The highest BCUT2D eigenvalue weighted by atomic mass is 127. The Morgan fingerprint density at radius 2 is 2.50 bits per heavy atom. The van der Waals surface area contributed by atoms with Crippen LogP contribution in [0.4, 0.5) is 0 Å². The summed E-state index contributed by atoms with van der Waals surface area (Å²) in [5, 5.41) is 3.37. The van der Waals surface area contributed by atoms with Gasteiger partial charge in [0.25, 0.3) is 0 Å². The third-order valence-electron chi connectivity index (χ3n) is 1.09. The van der Waals surface area contributed by atoms with Gasteiger partial charge in [0.15, 0.2) is 0 Å². The first-order valence-corrected chi connectivity index (χ1v) is 5.22. The van der Waals surface area contributed by atoms with E-state index < -0.39 is 0 Å². The zero-order chi connectivity index (χ0) is 5.82. The minimum Gasteiger partial charge on any atom is -0.315 e. The van der Waals surface area contributed by atoms with Gasteiger partial charge in [-0.25, -0.2) is 0 Å². The van der Waals surface area contributed by atoms with Crippen LogP contribution in [0, 0.1) is 0 Å². The summed E-state index contributed by atoms with van der Waals surface area (Å²) in [5.74, 6) is 2.62. The lowest BCUT2D eigenvalue weighted by atomic mass is 10.5. The van der Waals surface area contributed by atoms with E-state index in [-0.39, 0.29) is 0 Å². The molecular formula is C5H10INS. The van der Waals surface area contributed by atoms with Gasteiger partial charge in [0.1, 0.15) is 0 Å². The van der Waals surface area contributed by atoms with E-state index in [1.54, 1.807) is 0 Å². The molecule has 1 fully saturated rings. The quantitative estimate of drug-likeness (QED) is 0.505. The van der Waals surface area contributed by atoms with Crippen molar-refractivity contribution in [1.29, 1.82) is 0 Å². The van der Waals surface area contributed by atoms with Crippen LogP contribution >= 0.6 is 34.4 Å². The molecule has 1 aliphatic rings. The van der Waals surface area contributed by atoms with Crippen LogP contribution in [-0.2, 0) is 0 Å². The van der Waals surface area contributed by atoms with Crippen LogP contribution in [0.15, 0.2) is 0 Å². The molecule has 1 nitrogen and oxygen atoms in total. The van der Waals surface area contributed by atoms with Crippen molar-refractivity contribution in [1.82, 2.24) is 5.32 Å². The third-order valence-corrected chi connectivity index (χ3v) is 3.70. The van der Waals surface area contributed by atoms with E-state index in [4.69, 9.17) is 0 Å². The number of alkyl halides is 1. The van der Waals surface area contributed by atoms with Crippen LogP contribution < -0.4 is 5.32 Å². The van der Waals surface area contributed by atoms with Gasteiger partial charge in [-0.3, -0.25) is 0 Å². The molecule has 0 unspecified atom stereocenters. The van der Waals surface area contributed by atoms with E-state index >= 15 is 0 Å².